The van der Waals surface area contributed by atoms with Crippen LogP contribution in [0.1, 0.15) is 22.9 Å². The second-order valence-corrected chi connectivity index (χ2v) is 6.91. The first-order chi connectivity index (χ1) is 11.5. The summed E-state index contributed by atoms with van der Waals surface area (Å²) in [7, 11) is -2.34. The lowest BCUT2D eigenvalue weighted by Crippen LogP contribution is -2.19. The van der Waals surface area contributed by atoms with Gasteiger partial charge in [-0.15, -0.1) is 6.42 Å². The highest BCUT2D eigenvalue weighted by molar-refractivity contribution is 7.90. The number of hydrogen-bond acceptors (Lipinski definition) is 4. The molecule has 0 saturated carbocycles. The van der Waals surface area contributed by atoms with Gasteiger partial charge in [0, 0.05) is 13.3 Å². The van der Waals surface area contributed by atoms with Crippen LogP contribution >= 0.6 is 0 Å². The first-order valence-electron chi connectivity index (χ1n) is 7.18. The van der Waals surface area contributed by atoms with Crippen LogP contribution in [0, 0.1) is 19.3 Å². The molecular weight excluding hydrogens is 326 g/mol. The number of hydrogen-bond donors (Lipinski definition) is 0. The van der Waals surface area contributed by atoms with Gasteiger partial charge in [0.2, 0.25) is 0 Å². The molecule has 0 aliphatic heterocycles. The monoisotopic (exact) mass is 345 g/mol. The number of rotatable bonds is 7. The van der Waals surface area contributed by atoms with Gasteiger partial charge < -0.3 is 9.47 Å². The van der Waals surface area contributed by atoms with Crippen LogP contribution < -0.4 is 0 Å². The van der Waals surface area contributed by atoms with Crippen LogP contribution in [0.5, 0.6) is 0 Å². The molecule has 1 atom stereocenters. The van der Waals surface area contributed by atoms with Gasteiger partial charge in [-0.25, -0.2) is 12.4 Å². The van der Waals surface area contributed by atoms with Crippen molar-refractivity contribution in [1.29, 1.82) is 0 Å². The van der Waals surface area contributed by atoms with Crippen LogP contribution in [0.15, 0.2) is 48.0 Å². The quantitative estimate of drug-likeness (QED) is 0.572. The third kappa shape index (κ3) is 3.44. The Labute approximate surface area is 142 Å². The third-order valence-electron chi connectivity index (χ3n) is 3.47. The maximum absolute atomic E-state index is 13.0. The Bertz CT molecular complexity index is 857. The standard InChI is InChI=1S/C18H19NO4S/c1-5-15-11-12-19(18(15)17(6-2)23-13-22-4)24(20,21)16-9-7-14(3)8-10-16/h2,5,7-12,17H,1,13H2,3-4H3. The molecule has 0 bridgehead atoms. The Morgan fingerprint density at radius 1 is 1.33 bits per heavy atom. The van der Waals surface area contributed by atoms with Gasteiger partial charge in [0.05, 0.1) is 10.6 Å². The largest absolute Gasteiger partial charge is 0.359 e. The Kier molecular flexibility index (Phi) is 5.62. The number of terminal acetylenes is 1. The zero-order valence-corrected chi connectivity index (χ0v) is 14.4. The summed E-state index contributed by atoms with van der Waals surface area (Å²) in [4.78, 5) is 0.170. The molecule has 0 aliphatic rings. The van der Waals surface area contributed by atoms with Crippen molar-refractivity contribution < 1.29 is 17.9 Å². The fourth-order valence-electron chi connectivity index (χ4n) is 2.26. The van der Waals surface area contributed by atoms with E-state index in [4.69, 9.17) is 15.9 Å². The van der Waals surface area contributed by atoms with Gasteiger partial charge in [0.25, 0.3) is 10.0 Å². The average molecular weight is 345 g/mol. The molecule has 0 amide bonds. The molecule has 0 aliphatic carbocycles. The Hall–Kier alpha value is -2.33. The summed E-state index contributed by atoms with van der Waals surface area (Å²) in [5, 5.41) is 0. The van der Waals surface area contributed by atoms with Gasteiger partial charge >= 0.3 is 0 Å². The Balaban J connectivity index is 2.58. The van der Waals surface area contributed by atoms with Crippen LogP contribution in [-0.2, 0) is 19.5 Å². The first-order valence-corrected chi connectivity index (χ1v) is 8.62. The molecule has 24 heavy (non-hydrogen) atoms. The SMILES string of the molecule is C#CC(OCOC)c1c(C=C)ccn1S(=O)(=O)c1ccc(C)cc1. The van der Waals surface area contributed by atoms with E-state index in [1.54, 1.807) is 30.3 Å². The van der Waals surface area contributed by atoms with Crippen molar-refractivity contribution >= 4 is 16.1 Å². The molecule has 0 N–H and O–H groups in total. The van der Waals surface area contributed by atoms with Crippen molar-refractivity contribution in [2.24, 2.45) is 0 Å². The number of nitrogens with zero attached hydrogens (tertiary/aromatic N) is 1. The van der Waals surface area contributed by atoms with Crippen molar-refractivity contribution in [2.75, 3.05) is 13.9 Å². The molecular formula is C18H19NO4S. The molecule has 2 aromatic rings. The van der Waals surface area contributed by atoms with Gasteiger partial charge in [-0.05, 0) is 30.7 Å². The number of ether oxygens (including phenoxy) is 2. The molecule has 1 unspecified atom stereocenters. The summed E-state index contributed by atoms with van der Waals surface area (Å²) in [5.74, 6) is 2.45. The van der Waals surface area contributed by atoms with Crippen LogP contribution in [-0.4, -0.2) is 26.3 Å². The van der Waals surface area contributed by atoms with Crippen LogP contribution in [0.3, 0.4) is 0 Å². The minimum Gasteiger partial charge on any atom is -0.359 e. The van der Waals surface area contributed by atoms with E-state index in [0.717, 1.165) is 9.54 Å². The van der Waals surface area contributed by atoms with Gasteiger partial charge in [-0.3, -0.25) is 0 Å². The van der Waals surface area contributed by atoms with Crippen LogP contribution in [0.2, 0.25) is 0 Å². The van der Waals surface area contributed by atoms with Gasteiger partial charge in [-0.1, -0.05) is 36.3 Å². The van der Waals surface area contributed by atoms with Gasteiger partial charge in [-0.2, -0.15) is 0 Å². The minimum atomic E-state index is -3.80. The van der Waals surface area contributed by atoms with Crippen molar-refractivity contribution in [3.8, 4) is 12.3 Å². The van der Waals surface area contributed by atoms with Crippen LogP contribution in [0.4, 0.5) is 0 Å². The highest BCUT2D eigenvalue weighted by Gasteiger charge is 2.26. The molecule has 2 rings (SSSR count). The van der Waals surface area contributed by atoms with E-state index in [9.17, 15) is 8.42 Å². The summed E-state index contributed by atoms with van der Waals surface area (Å²) in [6.07, 6.45) is 7.63. The molecule has 5 nitrogen and oxygen atoms in total. The van der Waals surface area contributed by atoms with Crippen molar-refractivity contribution in [3.05, 3.63) is 59.9 Å². The predicted molar refractivity (Wildman–Crippen MR) is 92.8 cm³/mol. The first kappa shape index (κ1) is 18.0. The highest BCUT2D eigenvalue weighted by atomic mass is 32.2. The highest BCUT2D eigenvalue weighted by Crippen LogP contribution is 2.27. The molecule has 0 spiro atoms. The molecule has 0 radical (unpaired) electrons. The van der Waals surface area contributed by atoms with E-state index in [1.165, 1.54) is 19.4 Å². The lowest BCUT2D eigenvalue weighted by Gasteiger charge is -2.17. The topological polar surface area (TPSA) is 57.5 Å². The number of aryl methyl sites for hydroxylation is 1. The molecule has 1 heterocycles. The van der Waals surface area contributed by atoms with E-state index < -0.39 is 16.1 Å². The van der Waals surface area contributed by atoms with E-state index >= 15 is 0 Å². The second-order valence-electron chi connectivity index (χ2n) is 5.09. The van der Waals surface area contributed by atoms with E-state index in [1.807, 2.05) is 6.92 Å². The maximum Gasteiger partial charge on any atom is 0.267 e. The minimum absolute atomic E-state index is 0.0544. The molecule has 6 heteroatoms. The van der Waals surface area contributed by atoms with Crippen molar-refractivity contribution in [1.82, 2.24) is 3.97 Å². The van der Waals surface area contributed by atoms with Gasteiger partial charge in [0.15, 0.2) is 6.10 Å². The summed E-state index contributed by atoms with van der Waals surface area (Å²) in [5.41, 5.74) is 1.88. The summed E-state index contributed by atoms with van der Waals surface area (Å²) in [6, 6.07) is 8.23. The van der Waals surface area contributed by atoms with Crippen LogP contribution in [0.25, 0.3) is 6.08 Å². The Morgan fingerprint density at radius 2 is 2.00 bits per heavy atom. The smallest absolute Gasteiger partial charge is 0.267 e. The number of aromatic nitrogens is 1. The van der Waals surface area contributed by atoms with Crippen molar-refractivity contribution in [3.63, 3.8) is 0 Å². The normalized spacial score (nSPS) is 12.5. The zero-order chi connectivity index (χ0) is 17.7. The Morgan fingerprint density at radius 3 is 2.54 bits per heavy atom. The van der Waals surface area contributed by atoms with E-state index in [-0.39, 0.29) is 11.7 Å². The second kappa shape index (κ2) is 7.49. The van der Waals surface area contributed by atoms with Crippen molar-refractivity contribution in [2.45, 2.75) is 17.9 Å². The van der Waals surface area contributed by atoms with E-state index in [0.29, 0.717) is 11.3 Å². The van der Waals surface area contributed by atoms with Gasteiger partial charge in [0.1, 0.15) is 6.79 Å². The lowest BCUT2D eigenvalue weighted by atomic mass is 10.1. The average Bonchev–Trinajstić information content (AvgIpc) is 3.01. The molecule has 126 valence electrons. The molecule has 0 saturated heterocycles. The molecule has 1 aromatic carbocycles. The molecule has 0 fully saturated rings. The number of benzene rings is 1. The maximum atomic E-state index is 13.0. The lowest BCUT2D eigenvalue weighted by molar-refractivity contribution is -0.0548. The third-order valence-corrected chi connectivity index (χ3v) is 5.18. The number of methoxy groups -OCH3 is 1. The summed E-state index contributed by atoms with van der Waals surface area (Å²) in [6.45, 7) is 5.54. The predicted octanol–water partition coefficient (Wildman–Crippen LogP) is 2.97. The summed E-state index contributed by atoms with van der Waals surface area (Å²) < 4.78 is 37.4. The zero-order valence-electron chi connectivity index (χ0n) is 13.6. The van der Waals surface area contributed by atoms with E-state index in [2.05, 4.69) is 12.5 Å². The fraction of sp³-hybridized carbons (Fsp3) is 0.222. The molecule has 1 aromatic heterocycles. The summed E-state index contributed by atoms with van der Waals surface area (Å²) >= 11 is 0. The fourth-order valence-corrected chi connectivity index (χ4v) is 3.64.